The second kappa shape index (κ2) is 9.65. The van der Waals surface area contributed by atoms with Crippen LogP contribution in [0.4, 0.5) is 0 Å². The van der Waals surface area contributed by atoms with Crippen molar-refractivity contribution in [1.29, 1.82) is 0 Å². The fourth-order valence-electron chi connectivity index (χ4n) is 5.32. The third-order valence-electron chi connectivity index (χ3n) is 6.59. The highest BCUT2D eigenvalue weighted by Crippen LogP contribution is 2.42. The van der Waals surface area contributed by atoms with E-state index in [4.69, 9.17) is 17.0 Å². The Labute approximate surface area is 202 Å². The van der Waals surface area contributed by atoms with Gasteiger partial charge in [0, 0.05) is 37.8 Å². The first-order chi connectivity index (χ1) is 15.8. The molecule has 0 amide bonds. The van der Waals surface area contributed by atoms with Crippen LogP contribution in [0.1, 0.15) is 57.8 Å². The van der Waals surface area contributed by atoms with Crippen molar-refractivity contribution >= 4 is 17.3 Å². The average molecular weight is 463 g/mol. The quantitative estimate of drug-likeness (QED) is 0.375. The van der Waals surface area contributed by atoms with Gasteiger partial charge in [-0.1, -0.05) is 23.8 Å². The van der Waals surface area contributed by atoms with E-state index in [1.165, 1.54) is 39.3 Å². The fourth-order valence-corrected chi connectivity index (χ4v) is 5.65. The smallest absolute Gasteiger partial charge is 0.170 e. The van der Waals surface area contributed by atoms with Crippen molar-refractivity contribution in [2.24, 2.45) is 0 Å². The van der Waals surface area contributed by atoms with E-state index in [0.29, 0.717) is 6.61 Å². The van der Waals surface area contributed by atoms with Crippen LogP contribution in [0.25, 0.3) is 5.69 Å². The topological polar surface area (TPSA) is 42.3 Å². The van der Waals surface area contributed by atoms with Crippen molar-refractivity contribution in [3.8, 4) is 5.69 Å². The SMILES string of the molecule is COCCCN1C(=S)N[C@@H](c2ccccn2)[C@@H]1c1cc(C)n(-c2c(C)cc(C)cc2C)c1C. The third kappa shape index (κ3) is 4.42. The highest BCUT2D eigenvalue weighted by atomic mass is 32.1. The number of hydrogen-bond donors (Lipinski definition) is 1. The van der Waals surface area contributed by atoms with Gasteiger partial charge in [-0.15, -0.1) is 0 Å². The Morgan fingerprint density at radius 1 is 1.06 bits per heavy atom. The van der Waals surface area contributed by atoms with E-state index < -0.39 is 0 Å². The van der Waals surface area contributed by atoms with Gasteiger partial charge in [0.2, 0.25) is 0 Å². The fraction of sp³-hybridized carbons (Fsp3) is 0.407. The number of ether oxygens (including phenoxy) is 1. The number of aryl methyl sites for hydroxylation is 4. The minimum Gasteiger partial charge on any atom is -0.385 e. The zero-order valence-corrected chi connectivity index (χ0v) is 21.3. The first kappa shape index (κ1) is 23.5. The van der Waals surface area contributed by atoms with Gasteiger partial charge in [0.15, 0.2) is 5.11 Å². The zero-order valence-electron chi connectivity index (χ0n) is 20.5. The number of thiocarbonyl (C=S) groups is 1. The predicted molar refractivity (Wildman–Crippen MR) is 138 cm³/mol. The molecule has 1 N–H and O–H groups in total. The summed E-state index contributed by atoms with van der Waals surface area (Å²) in [5.74, 6) is 0. The minimum absolute atomic E-state index is 0.00425. The van der Waals surface area contributed by atoms with Crippen molar-refractivity contribution in [3.05, 3.63) is 81.9 Å². The molecule has 0 aliphatic carbocycles. The minimum atomic E-state index is -0.00425. The summed E-state index contributed by atoms with van der Waals surface area (Å²) in [4.78, 5) is 6.99. The normalized spacial score (nSPS) is 18.1. The van der Waals surface area contributed by atoms with Crippen molar-refractivity contribution in [2.45, 2.75) is 53.1 Å². The molecule has 0 saturated carbocycles. The summed E-state index contributed by atoms with van der Waals surface area (Å²) in [6, 6.07) is 13.0. The Kier molecular flexibility index (Phi) is 6.86. The van der Waals surface area contributed by atoms with Gasteiger partial charge in [0.25, 0.3) is 0 Å². The number of aromatic nitrogens is 2. The Balaban J connectivity index is 1.83. The zero-order chi connectivity index (χ0) is 23.7. The first-order valence-corrected chi connectivity index (χ1v) is 12.0. The lowest BCUT2D eigenvalue weighted by molar-refractivity contribution is 0.180. The molecule has 1 aromatic carbocycles. The molecule has 0 bridgehead atoms. The second-order valence-corrected chi connectivity index (χ2v) is 9.46. The number of methoxy groups -OCH3 is 1. The molecule has 1 aliphatic heterocycles. The molecule has 6 heteroatoms. The first-order valence-electron chi connectivity index (χ1n) is 11.6. The summed E-state index contributed by atoms with van der Waals surface area (Å²) in [6.45, 7) is 12.5. The van der Waals surface area contributed by atoms with E-state index in [2.05, 4.69) is 78.7 Å². The van der Waals surface area contributed by atoms with Crippen LogP contribution in [-0.4, -0.2) is 39.8 Å². The highest BCUT2D eigenvalue weighted by Gasteiger charge is 2.41. The molecule has 0 spiro atoms. The van der Waals surface area contributed by atoms with Gasteiger partial charge in [0.05, 0.1) is 23.5 Å². The van der Waals surface area contributed by atoms with Gasteiger partial charge < -0.3 is 19.5 Å². The Hall–Kier alpha value is -2.70. The summed E-state index contributed by atoms with van der Waals surface area (Å²) in [5, 5.41) is 4.34. The van der Waals surface area contributed by atoms with E-state index in [-0.39, 0.29) is 12.1 Å². The van der Waals surface area contributed by atoms with Gasteiger partial charge in [0.1, 0.15) is 0 Å². The largest absolute Gasteiger partial charge is 0.385 e. The maximum atomic E-state index is 5.82. The maximum Gasteiger partial charge on any atom is 0.170 e. The second-order valence-electron chi connectivity index (χ2n) is 9.08. The van der Waals surface area contributed by atoms with Crippen LogP contribution >= 0.6 is 12.2 Å². The third-order valence-corrected chi connectivity index (χ3v) is 6.95. The van der Waals surface area contributed by atoms with Crippen LogP contribution in [0.3, 0.4) is 0 Å². The molecule has 1 aliphatic rings. The molecular weight excluding hydrogens is 428 g/mol. The Morgan fingerprint density at radius 2 is 1.79 bits per heavy atom. The van der Waals surface area contributed by atoms with Crippen LogP contribution in [0.2, 0.25) is 0 Å². The molecule has 2 atom stereocenters. The van der Waals surface area contributed by atoms with Crippen molar-refractivity contribution in [3.63, 3.8) is 0 Å². The van der Waals surface area contributed by atoms with Crippen molar-refractivity contribution in [1.82, 2.24) is 19.8 Å². The number of pyridine rings is 1. The number of rotatable bonds is 7. The maximum absolute atomic E-state index is 5.82. The molecule has 2 aromatic heterocycles. The van der Waals surface area contributed by atoms with E-state index in [1.807, 2.05) is 18.3 Å². The van der Waals surface area contributed by atoms with E-state index in [0.717, 1.165) is 23.8 Å². The van der Waals surface area contributed by atoms with E-state index in [1.54, 1.807) is 7.11 Å². The molecule has 0 radical (unpaired) electrons. The Bertz CT molecular complexity index is 1130. The lowest BCUT2D eigenvalue weighted by Gasteiger charge is -2.28. The lowest BCUT2D eigenvalue weighted by Crippen LogP contribution is -2.31. The molecular formula is C27H34N4OS. The van der Waals surface area contributed by atoms with Crippen LogP contribution in [0.5, 0.6) is 0 Å². The molecule has 3 aromatic rings. The highest BCUT2D eigenvalue weighted by molar-refractivity contribution is 7.80. The summed E-state index contributed by atoms with van der Waals surface area (Å²) in [7, 11) is 1.74. The van der Waals surface area contributed by atoms with Crippen LogP contribution < -0.4 is 5.32 Å². The molecule has 3 heterocycles. The summed E-state index contributed by atoms with van der Waals surface area (Å²) >= 11 is 5.82. The summed E-state index contributed by atoms with van der Waals surface area (Å²) < 4.78 is 7.73. The number of nitrogens with zero attached hydrogens (tertiary/aromatic N) is 3. The molecule has 5 nitrogen and oxygen atoms in total. The average Bonchev–Trinajstić information content (AvgIpc) is 3.25. The number of benzene rings is 1. The van der Waals surface area contributed by atoms with Gasteiger partial charge in [-0.25, -0.2) is 0 Å². The van der Waals surface area contributed by atoms with Crippen LogP contribution in [-0.2, 0) is 4.74 Å². The van der Waals surface area contributed by atoms with Gasteiger partial charge in [-0.3, -0.25) is 4.98 Å². The molecule has 1 fully saturated rings. The van der Waals surface area contributed by atoms with Gasteiger partial charge >= 0.3 is 0 Å². The summed E-state index contributed by atoms with van der Waals surface area (Å²) in [6.07, 6.45) is 2.77. The molecule has 174 valence electrons. The lowest BCUT2D eigenvalue weighted by atomic mass is 9.96. The molecule has 33 heavy (non-hydrogen) atoms. The van der Waals surface area contributed by atoms with Gasteiger partial charge in [-0.05, 0) is 88.1 Å². The van der Waals surface area contributed by atoms with Crippen molar-refractivity contribution in [2.75, 3.05) is 20.3 Å². The molecule has 4 rings (SSSR count). The van der Waals surface area contributed by atoms with Crippen LogP contribution in [0, 0.1) is 34.6 Å². The van der Waals surface area contributed by atoms with Crippen LogP contribution in [0.15, 0.2) is 42.6 Å². The Morgan fingerprint density at radius 3 is 2.42 bits per heavy atom. The number of hydrogen-bond acceptors (Lipinski definition) is 3. The van der Waals surface area contributed by atoms with Gasteiger partial charge in [-0.2, -0.15) is 0 Å². The predicted octanol–water partition coefficient (Wildman–Crippen LogP) is 5.42. The number of nitrogens with one attached hydrogen (secondary N) is 1. The molecule has 0 unspecified atom stereocenters. The van der Waals surface area contributed by atoms with Crippen molar-refractivity contribution < 1.29 is 4.74 Å². The summed E-state index contributed by atoms with van der Waals surface area (Å²) in [5.41, 5.74) is 9.91. The standard InChI is InChI=1S/C27H34N4OS/c1-17-14-18(2)25(19(3)15-17)31-20(4)16-22(21(31)5)26-24(23-10-7-8-11-28-23)29-27(33)30(26)12-9-13-32-6/h7-8,10-11,14-16,24,26H,9,12-13H2,1-6H3,(H,29,33)/t24-,26-/m0/s1. The van der Waals surface area contributed by atoms with E-state index >= 15 is 0 Å². The van der Waals surface area contributed by atoms with E-state index in [9.17, 15) is 0 Å². The molecule has 1 saturated heterocycles. The monoisotopic (exact) mass is 462 g/mol.